The van der Waals surface area contributed by atoms with E-state index in [-0.39, 0.29) is 23.4 Å². The summed E-state index contributed by atoms with van der Waals surface area (Å²) < 4.78 is 60.5. The molecule has 1 unspecified atom stereocenters. The van der Waals surface area contributed by atoms with Crippen LogP contribution >= 0.6 is 11.6 Å². The van der Waals surface area contributed by atoms with Crippen LogP contribution in [0.25, 0.3) is 0 Å². The molecule has 2 heterocycles. The number of aliphatic imine (C=N–C) groups is 1. The molecule has 1 fully saturated rings. The highest BCUT2D eigenvalue weighted by Crippen LogP contribution is 2.34. The lowest BCUT2D eigenvalue weighted by Gasteiger charge is -2.21. The summed E-state index contributed by atoms with van der Waals surface area (Å²) in [5.41, 5.74) is -0.888. The van der Waals surface area contributed by atoms with Crippen molar-refractivity contribution < 1.29 is 21.6 Å². The number of guanidine groups is 1. The van der Waals surface area contributed by atoms with Crippen LogP contribution in [0.4, 0.5) is 19.0 Å². The molecule has 1 aliphatic heterocycles. The first-order chi connectivity index (χ1) is 12.5. The van der Waals surface area contributed by atoms with Gasteiger partial charge in [0.15, 0.2) is 5.96 Å². The van der Waals surface area contributed by atoms with Crippen LogP contribution in [0.5, 0.6) is 0 Å². The van der Waals surface area contributed by atoms with E-state index < -0.39 is 21.6 Å². The summed E-state index contributed by atoms with van der Waals surface area (Å²) >= 11 is 5.99. The standard InChI is InChI=1S/C15H21ClF3N5O2S/c1-20-14(21-4-6-27(2,25)26)23-11-3-5-24(9-11)13-12(16)7-10(8-22-13)15(17,18)19/h7-8,11H,3-6,9H2,1-2H3,(H2,20,21,23). The summed E-state index contributed by atoms with van der Waals surface area (Å²) in [5, 5.41) is 6.02. The summed E-state index contributed by atoms with van der Waals surface area (Å²) in [6.07, 6.45) is -1.87. The first-order valence-electron chi connectivity index (χ1n) is 8.12. The van der Waals surface area contributed by atoms with Crippen molar-refractivity contribution >= 4 is 33.2 Å². The topological polar surface area (TPSA) is 86.7 Å². The Morgan fingerprint density at radius 3 is 2.74 bits per heavy atom. The van der Waals surface area contributed by atoms with Crippen LogP contribution in [0, 0.1) is 0 Å². The summed E-state index contributed by atoms with van der Waals surface area (Å²) in [4.78, 5) is 9.71. The van der Waals surface area contributed by atoms with Crippen molar-refractivity contribution in [2.75, 3.05) is 43.6 Å². The van der Waals surface area contributed by atoms with Gasteiger partial charge in [0.25, 0.3) is 0 Å². The predicted octanol–water partition coefficient (Wildman–Crippen LogP) is 1.54. The van der Waals surface area contributed by atoms with Gasteiger partial charge in [0, 0.05) is 45.2 Å². The average Bonchev–Trinajstić information content (AvgIpc) is 3.00. The lowest BCUT2D eigenvalue weighted by atomic mass is 10.2. The Morgan fingerprint density at radius 2 is 2.19 bits per heavy atom. The van der Waals surface area contributed by atoms with Crippen LogP contribution in [0.3, 0.4) is 0 Å². The number of pyridine rings is 1. The molecular formula is C15H21ClF3N5O2S. The zero-order valence-corrected chi connectivity index (χ0v) is 16.4. The van der Waals surface area contributed by atoms with Crippen LogP contribution in [0.15, 0.2) is 17.3 Å². The molecule has 12 heteroatoms. The number of halogens is 4. The maximum absolute atomic E-state index is 12.7. The predicted molar refractivity (Wildman–Crippen MR) is 99.1 cm³/mol. The number of sulfone groups is 1. The number of anilines is 1. The van der Waals surface area contributed by atoms with Crippen LogP contribution in [0.1, 0.15) is 12.0 Å². The summed E-state index contributed by atoms with van der Waals surface area (Å²) in [6.45, 7) is 1.27. The Labute approximate surface area is 160 Å². The highest BCUT2D eigenvalue weighted by molar-refractivity contribution is 7.90. The number of alkyl halides is 3. The molecule has 7 nitrogen and oxygen atoms in total. The zero-order chi connectivity index (χ0) is 20.2. The van der Waals surface area contributed by atoms with Gasteiger partial charge in [-0.3, -0.25) is 4.99 Å². The molecular weight excluding hydrogens is 407 g/mol. The molecule has 0 aliphatic carbocycles. The first-order valence-corrected chi connectivity index (χ1v) is 10.6. The SMILES string of the molecule is CN=C(NCCS(C)(=O)=O)NC1CCN(c2ncc(C(F)(F)F)cc2Cl)C1. The molecule has 152 valence electrons. The lowest BCUT2D eigenvalue weighted by molar-refractivity contribution is -0.137. The van der Waals surface area contributed by atoms with E-state index in [1.807, 2.05) is 0 Å². The highest BCUT2D eigenvalue weighted by Gasteiger charge is 2.33. The first kappa shape index (κ1) is 21.5. The Hall–Kier alpha value is -1.75. The number of rotatable bonds is 5. The van der Waals surface area contributed by atoms with Crippen molar-refractivity contribution in [2.45, 2.75) is 18.6 Å². The van der Waals surface area contributed by atoms with E-state index in [0.29, 0.717) is 31.3 Å². The number of nitrogens with one attached hydrogen (secondary N) is 2. The van der Waals surface area contributed by atoms with Crippen molar-refractivity contribution in [1.82, 2.24) is 15.6 Å². The van der Waals surface area contributed by atoms with Gasteiger partial charge < -0.3 is 15.5 Å². The van der Waals surface area contributed by atoms with E-state index in [4.69, 9.17) is 11.6 Å². The molecule has 1 saturated heterocycles. The fourth-order valence-corrected chi connectivity index (χ4v) is 3.39. The monoisotopic (exact) mass is 427 g/mol. The minimum absolute atomic E-state index is 0.0183. The summed E-state index contributed by atoms with van der Waals surface area (Å²) in [7, 11) is -1.51. The second kappa shape index (κ2) is 8.51. The van der Waals surface area contributed by atoms with Crippen molar-refractivity contribution in [3.8, 4) is 0 Å². The number of aromatic nitrogens is 1. The van der Waals surface area contributed by atoms with E-state index in [2.05, 4.69) is 20.6 Å². The molecule has 1 atom stereocenters. The Morgan fingerprint density at radius 1 is 1.48 bits per heavy atom. The van der Waals surface area contributed by atoms with Crippen LogP contribution in [0.2, 0.25) is 5.02 Å². The van der Waals surface area contributed by atoms with Crippen LogP contribution < -0.4 is 15.5 Å². The molecule has 0 saturated carbocycles. The molecule has 1 aliphatic rings. The van der Waals surface area contributed by atoms with Gasteiger partial charge in [0.2, 0.25) is 0 Å². The third-order valence-electron chi connectivity index (χ3n) is 3.97. The number of hydrogen-bond acceptors (Lipinski definition) is 5. The highest BCUT2D eigenvalue weighted by atomic mass is 35.5. The van der Waals surface area contributed by atoms with Crippen LogP contribution in [-0.4, -0.2) is 64.1 Å². The largest absolute Gasteiger partial charge is 0.417 e. The zero-order valence-electron chi connectivity index (χ0n) is 14.8. The van der Waals surface area contributed by atoms with Gasteiger partial charge in [-0.1, -0.05) is 11.6 Å². The van der Waals surface area contributed by atoms with E-state index in [1.165, 1.54) is 0 Å². The number of nitrogens with zero attached hydrogens (tertiary/aromatic N) is 3. The quantitative estimate of drug-likeness (QED) is 0.547. The molecule has 2 rings (SSSR count). The third-order valence-corrected chi connectivity index (χ3v) is 5.19. The average molecular weight is 428 g/mol. The number of hydrogen-bond donors (Lipinski definition) is 2. The van der Waals surface area contributed by atoms with E-state index in [9.17, 15) is 21.6 Å². The summed E-state index contributed by atoms with van der Waals surface area (Å²) in [6, 6.07) is 0.839. The molecule has 2 N–H and O–H groups in total. The minimum Gasteiger partial charge on any atom is -0.355 e. The van der Waals surface area contributed by atoms with Crippen molar-refractivity contribution in [2.24, 2.45) is 4.99 Å². The fourth-order valence-electron chi connectivity index (χ4n) is 2.63. The van der Waals surface area contributed by atoms with Gasteiger partial charge in [0.05, 0.1) is 16.3 Å². The van der Waals surface area contributed by atoms with Gasteiger partial charge in [-0.25, -0.2) is 13.4 Å². The molecule has 1 aromatic rings. The van der Waals surface area contributed by atoms with Crippen molar-refractivity contribution in [1.29, 1.82) is 0 Å². The summed E-state index contributed by atoms with van der Waals surface area (Å²) in [5.74, 6) is 0.737. The Balaban J connectivity index is 1.94. The van der Waals surface area contributed by atoms with Crippen molar-refractivity contribution in [3.05, 3.63) is 22.8 Å². The van der Waals surface area contributed by atoms with Crippen LogP contribution in [-0.2, 0) is 16.0 Å². The maximum Gasteiger partial charge on any atom is 0.417 e. The lowest BCUT2D eigenvalue weighted by Crippen LogP contribution is -2.45. The van der Waals surface area contributed by atoms with E-state index in [0.717, 1.165) is 18.5 Å². The molecule has 0 radical (unpaired) electrons. The molecule has 27 heavy (non-hydrogen) atoms. The minimum atomic E-state index is -4.49. The van der Waals surface area contributed by atoms with E-state index >= 15 is 0 Å². The molecule has 1 aromatic heterocycles. The maximum atomic E-state index is 12.7. The normalized spacial score (nSPS) is 18.7. The Bertz CT molecular complexity index is 801. The van der Waals surface area contributed by atoms with Gasteiger partial charge in [-0.2, -0.15) is 13.2 Å². The Kier molecular flexibility index (Phi) is 6.79. The molecule has 0 bridgehead atoms. The second-order valence-corrected chi connectivity index (χ2v) is 8.90. The third kappa shape index (κ3) is 6.42. The van der Waals surface area contributed by atoms with E-state index in [1.54, 1.807) is 11.9 Å². The second-order valence-electron chi connectivity index (χ2n) is 6.23. The van der Waals surface area contributed by atoms with Gasteiger partial charge >= 0.3 is 6.18 Å². The molecule has 0 spiro atoms. The van der Waals surface area contributed by atoms with Gasteiger partial charge in [0.1, 0.15) is 15.7 Å². The van der Waals surface area contributed by atoms with Gasteiger partial charge in [-0.15, -0.1) is 0 Å². The molecule has 0 aromatic carbocycles. The molecule has 0 amide bonds. The van der Waals surface area contributed by atoms with Gasteiger partial charge in [-0.05, 0) is 12.5 Å². The van der Waals surface area contributed by atoms with Crippen molar-refractivity contribution in [3.63, 3.8) is 0 Å². The smallest absolute Gasteiger partial charge is 0.355 e. The fraction of sp³-hybridized carbons (Fsp3) is 0.600.